The average molecular weight is 382 g/mol. The van der Waals surface area contributed by atoms with Gasteiger partial charge in [0.1, 0.15) is 0 Å². The smallest absolute Gasteiger partial charge is 0.253 e. The van der Waals surface area contributed by atoms with E-state index in [1.165, 1.54) is 5.39 Å². The maximum absolute atomic E-state index is 12.7. The molecule has 0 spiro atoms. The highest BCUT2D eigenvalue weighted by Crippen LogP contribution is 2.30. The molecule has 29 heavy (non-hydrogen) atoms. The summed E-state index contributed by atoms with van der Waals surface area (Å²) in [5, 5.41) is 9.24. The molecule has 4 aromatic rings. The Hall–Kier alpha value is -3.47. The summed E-state index contributed by atoms with van der Waals surface area (Å²) in [6.07, 6.45) is 7.59. The van der Waals surface area contributed by atoms with Gasteiger partial charge >= 0.3 is 0 Å². The lowest BCUT2D eigenvalue weighted by atomic mass is 9.91. The number of carbonyl (C=O) groups is 1. The standard InChI is InChI=1S/C24H22N4O/c29-24(18-4-2-1-3-5-18)28-10-8-17(9-11-28)23-13-21-12-19(22-15-26-27-16-22)6-7-20(21)14-25-23/h1-7,12-17H,8-11H2,(H,26,27). The average Bonchev–Trinajstić information content (AvgIpc) is 3.34. The Labute approximate surface area is 169 Å². The summed E-state index contributed by atoms with van der Waals surface area (Å²) in [6, 6.07) is 18.1. The molecule has 0 bridgehead atoms. The number of rotatable bonds is 3. The van der Waals surface area contributed by atoms with Crippen molar-refractivity contribution in [3.8, 4) is 11.1 Å². The van der Waals surface area contributed by atoms with Crippen LogP contribution in [0.3, 0.4) is 0 Å². The molecule has 144 valence electrons. The van der Waals surface area contributed by atoms with E-state index in [-0.39, 0.29) is 5.91 Å². The molecule has 0 unspecified atom stereocenters. The molecule has 1 saturated heterocycles. The fourth-order valence-electron chi connectivity index (χ4n) is 4.11. The number of hydrogen-bond donors (Lipinski definition) is 1. The summed E-state index contributed by atoms with van der Waals surface area (Å²) in [7, 11) is 0. The lowest BCUT2D eigenvalue weighted by Crippen LogP contribution is -2.38. The van der Waals surface area contributed by atoms with E-state index in [1.54, 1.807) is 0 Å². The van der Waals surface area contributed by atoms with Crippen LogP contribution in [0.1, 0.15) is 34.8 Å². The second-order valence-corrected chi connectivity index (χ2v) is 7.59. The van der Waals surface area contributed by atoms with Crippen molar-refractivity contribution in [2.24, 2.45) is 0 Å². The number of benzene rings is 2. The van der Waals surface area contributed by atoms with E-state index in [0.29, 0.717) is 5.92 Å². The topological polar surface area (TPSA) is 61.9 Å². The molecule has 5 rings (SSSR count). The molecular weight excluding hydrogens is 360 g/mol. The van der Waals surface area contributed by atoms with Crippen molar-refractivity contribution in [1.82, 2.24) is 20.1 Å². The Morgan fingerprint density at radius 3 is 2.52 bits per heavy atom. The number of likely N-dealkylation sites (tertiary alicyclic amines) is 1. The summed E-state index contributed by atoms with van der Waals surface area (Å²) in [6.45, 7) is 1.54. The molecule has 2 aromatic carbocycles. The van der Waals surface area contributed by atoms with Gasteiger partial charge in [-0.2, -0.15) is 5.10 Å². The minimum absolute atomic E-state index is 0.125. The number of pyridine rings is 1. The summed E-state index contributed by atoms with van der Waals surface area (Å²) >= 11 is 0. The monoisotopic (exact) mass is 382 g/mol. The zero-order chi connectivity index (χ0) is 19.6. The molecule has 5 nitrogen and oxygen atoms in total. The molecule has 1 aliphatic heterocycles. The van der Waals surface area contributed by atoms with E-state index in [2.05, 4.69) is 34.5 Å². The van der Waals surface area contributed by atoms with Gasteiger partial charge in [0.2, 0.25) is 0 Å². The largest absolute Gasteiger partial charge is 0.339 e. The van der Waals surface area contributed by atoms with Crippen LogP contribution in [0.5, 0.6) is 0 Å². The first-order valence-electron chi connectivity index (χ1n) is 10.0. The molecule has 2 aromatic heterocycles. The minimum Gasteiger partial charge on any atom is -0.339 e. The van der Waals surface area contributed by atoms with Crippen LogP contribution in [0, 0.1) is 0 Å². The van der Waals surface area contributed by atoms with Crippen molar-refractivity contribution in [1.29, 1.82) is 0 Å². The maximum Gasteiger partial charge on any atom is 0.253 e. The number of fused-ring (bicyclic) bond motifs is 1. The molecule has 3 heterocycles. The number of piperidine rings is 1. The van der Waals surface area contributed by atoms with Crippen LogP contribution >= 0.6 is 0 Å². The van der Waals surface area contributed by atoms with Gasteiger partial charge < -0.3 is 4.90 Å². The molecule has 0 atom stereocenters. The number of aromatic amines is 1. The number of aromatic nitrogens is 3. The third kappa shape index (κ3) is 3.51. The molecule has 0 saturated carbocycles. The molecule has 5 heteroatoms. The predicted molar refractivity (Wildman–Crippen MR) is 114 cm³/mol. The number of nitrogens with one attached hydrogen (secondary N) is 1. The van der Waals surface area contributed by atoms with Gasteiger partial charge in [-0.3, -0.25) is 14.9 Å². The summed E-state index contributed by atoms with van der Waals surface area (Å²) in [5.74, 6) is 0.511. The lowest BCUT2D eigenvalue weighted by molar-refractivity contribution is 0.0712. The Kier molecular flexibility index (Phi) is 4.56. The van der Waals surface area contributed by atoms with Crippen molar-refractivity contribution in [3.05, 3.63) is 84.4 Å². The van der Waals surface area contributed by atoms with E-state index in [9.17, 15) is 4.79 Å². The van der Waals surface area contributed by atoms with E-state index < -0.39 is 0 Å². The van der Waals surface area contributed by atoms with Crippen molar-refractivity contribution >= 4 is 16.7 Å². The van der Waals surface area contributed by atoms with Crippen LogP contribution in [0.2, 0.25) is 0 Å². The molecule has 1 fully saturated rings. The Morgan fingerprint density at radius 2 is 1.76 bits per heavy atom. The zero-order valence-corrected chi connectivity index (χ0v) is 16.1. The number of carbonyl (C=O) groups excluding carboxylic acids is 1. The highest BCUT2D eigenvalue weighted by Gasteiger charge is 2.25. The summed E-state index contributed by atoms with van der Waals surface area (Å²) < 4.78 is 0. The Bertz CT molecular complexity index is 1130. The Balaban J connectivity index is 1.33. The van der Waals surface area contributed by atoms with Gasteiger partial charge in [0.15, 0.2) is 0 Å². The van der Waals surface area contributed by atoms with Gasteiger partial charge in [0.05, 0.1) is 6.20 Å². The number of H-pyrrole nitrogens is 1. The van der Waals surface area contributed by atoms with Crippen LogP contribution in [0.4, 0.5) is 0 Å². The third-order valence-electron chi connectivity index (χ3n) is 5.80. The van der Waals surface area contributed by atoms with Gasteiger partial charge in [-0.05, 0) is 48.1 Å². The molecule has 0 aliphatic carbocycles. The molecule has 0 radical (unpaired) electrons. The number of nitrogens with zero attached hydrogens (tertiary/aromatic N) is 3. The van der Waals surface area contributed by atoms with Gasteiger partial charge in [0, 0.05) is 53.6 Å². The van der Waals surface area contributed by atoms with E-state index in [1.807, 2.05) is 53.8 Å². The van der Waals surface area contributed by atoms with E-state index in [0.717, 1.165) is 53.7 Å². The summed E-state index contributed by atoms with van der Waals surface area (Å²) in [4.78, 5) is 19.4. The van der Waals surface area contributed by atoms with Crippen molar-refractivity contribution in [2.75, 3.05) is 13.1 Å². The number of hydrogen-bond acceptors (Lipinski definition) is 3. The number of amides is 1. The van der Waals surface area contributed by atoms with Crippen molar-refractivity contribution in [2.45, 2.75) is 18.8 Å². The van der Waals surface area contributed by atoms with Gasteiger partial charge in [-0.15, -0.1) is 0 Å². The van der Waals surface area contributed by atoms with Crippen molar-refractivity contribution in [3.63, 3.8) is 0 Å². The highest BCUT2D eigenvalue weighted by atomic mass is 16.2. The first kappa shape index (κ1) is 17.6. The molecule has 1 aliphatic rings. The zero-order valence-electron chi connectivity index (χ0n) is 16.1. The van der Waals surface area contributed by atoms with Crippen LogP contribution in [-0.2, 0) is 0 Å². The fourth-order valence-corrected chi connectivity index (χ4v) is 4.11. The van der Waals surface area contributed by atoms with Crippen LogP contribution in [-0.4, -0.2) is 39.1 Å². The van der Waals surface area contributed by atoms with E-state index in [4.69, 9.17) is 4.98 Å². The second kappa shape index (κ2) is 7.51. The first-order chi connectivity index (χ1) is 14.3. The summed E-state index contributed by atoms with van der Waals surface area (Å²) in [5.41, 5.74) is 4.11. The normalized spacial score (nSPS) is 15.0. The van der Waals surface area contributed by atoms with Crippen LogP contribution in [0.15, 0.2) is 73.2 Å². The first-order valence-corrected chi connectivity index (χ1v) is 10.0. The second-order valence-electron chi connectivity index (χ2n) is 7.59. The quantitative estimate of drug-likeness (QED) is 0.561. The van der Waals surface area contributed by atoms with Crippen molar-refractivity contribution < 1.29 is 4.79 Å². The molecule has 1 N–H and O–H groups in total. The van der Waals surface area contributed by atoms with Gasteiger partial charge in [-0.25, -0.2) is 0 Å². The maximum atomic E-state index is 12.7. The fraction of sp³-hybridized carbons (Fsp3) is 0.208. The molecule has 1 amide bonds. The highest BCUT2D eigenvalue weighted by molar-refractivity contribution is 5.94. The predicted octanol–water partition coefficient (Wildman–Crippen LogP) is 4.64. The Morgan fingerprint density at radius 1 is 0.931 bits per heavy atom. The van der Waals surface area contributed by atoms with E-state index >= 15 is 0 Å². The van der Waals surface area contributed by atoms with Crippen LogP contribution in [0.25, 0.3) is 21.9 Å². The lowest BCUT2D eigenvalue weighted by Gasteiger charge is -2.32. The van der Waals surface area contributed by atoms with Gasteiger partial charge in [-0.1, -0.05) is 30.3 Å². The third-order valence-corrected chi connectivity index (χ3v) is 5.80. The molecular formula is C24H22N4O. The van der Waals surface area contributed by atoms with Gasteiger partial charge in [0.25, 0.3) is 5.91 Å². The SMILES string of the molecule is O=C(c1ccccc1)N1CCC(c2cc3cc(-c4cn[nH]c4)ccc3cn2)CC1. The van der Waals surface area contributed by atoms with Crippen LogP contribution < -0.4 is 0 Å². The minimum atomic E-state index is 0.125.